The van der Waals surface area contributed by atoms with Crippen molar-refractivity contribution in [2.45, 2.75) is 71.3 Å². The molecule has 0 aromatic heterocycles. The van der Waals surface area contributed by atoms with Gasteiger partial charge >= 0.3 is 5.97 Å². The molecule has 1 aromatic carbocycles. The van der Waals surface area contributed by atoms with Crippen molar-refractivity contribution in [1.29, 1.82) is 0 Å². The Morgan fingerprint density at radius 2 is 1.88 bits per heavy atom. The zero-order valence-corrected chi connectivity index (χ0v) is 15.6. The van der Waals surface area contributed by atoms with E-state index in [1.165, 1.54) is 44.1 Å². The fraction of sp³-hybridized carbons (Fsp3) is 0.571. The summed E-state index contributed by atoms with van der Waals surface area (Å²) in [6.45, 7) is 3.88. The summed E-state index contributed by atoms with van der Waals surface area (Å²) in [6.07, 6.45) is 11.1. The summed E-state index contributed by atoms with van der Waals surface area (Å²) in [6, 6.07) is 2.44. The molecule has 0 spiro atoms. The number of hydrogen-bond donors (Lipinski definition) is 0. The Hall–Kier alpha value is -1.91. The molecule has 1 fully saturated rings. The van der Waals surface area contributed by atoms with E-state index in [4.69, 9.17) is 9.47 Å². The molecule has 1 aliphatic rings. The lowest BCUT2D eigenvalue weighted by Crippen LogP contribution is -2.25. The number of allylic oxidation sites excluding steroid dienone is 1. The van der Waals surface area contributed by atoms with Crippen LogP contribution in [0.2, 0.25) is 0 Å². The Labute approximate surface area is 154 Å². The second-order valence-corrected chi connectivity index (χ2v) is 6.87. The number of carbonyl (C=O) groups excluding carboxylic acids is 1. The highest BCUT2D eigenvalue weighted by Gasteiger charge is 2.26. The molecule has 0 aliphatic heterocycles. The van der Waals surface area contributed by atoms with Crippen molar-refractivity contribution >= 4 is 5.97 Å². The lowest BCUT2D eigenvalue weighted by Gasteiger charge is -2.28. The summed E-state index contributed by atoms with van der Waals surface area (Å²) < 4.78 is 38.5. The van der Waals surface area contributed by atoms with Crippen LogP contribution in [0.15, 0.2) is 24.5 Å². The van der Waals surface area contributed by atoms with Crippen molar-refractivity contribution in [3.8, 4) is 5.75 Å². The number of carbonyl (C=O) groups is 1. The highest BCUT2D eigenvalue weighted by Crippen LogP contribution is 2.31. The summed E-state index contributed by atoms with van der Waals surface area (Å²) in [5.74, 6) is -2.80. The zero-order chi connectivity index (χ0) is 18.9. The molecule has 2 rings (SSSR count). The molecule has 0 atom stereocenters. The number of hydrogen-bond acceptors (Lipinski definition) is 3. The van der Waals surface area contributed by atoms with Gasteiger partial charge in [0.25, 0.3) is 0 Å². The van der Waals surface area contributed by atoms with Gasteiger partial charge in [-0.3, -0.25) is 0 Å². The third-order valence-electron chi connectivity index (χ3n) is 4.88. The van der Waals surface area contributed by atoms with Gasteiger partial charge in [-0.2, -0.15) is 4.39 Å². The van der Waals surface area contributed by atoms with Crippen LogP contribution in [0.3, 0.4) is 0 Å². The maximum absolute atomic E-state index is 14.1. The normalized spacial score (nSPS) is 20.3. The van der Waals surface area contributed by atoms with Crippen molar-refractivity contribution < 1.29 is 23.0 Å². The zero-order valence-electron chi connectivity index (χ0n) is 15.6. The van der Waals surface area contributed by atoms with Gasteiger partial charge in [0.1, 0.15) is 6.10 Å². The molecule has 3 nitrogen and oxygen atoms in total. The third-order valence-corrected chi connectivity index (χ3v) is 4.88. The first-order chi connectivity index (χ1) is 12.6. The molecule has 1 aliphatic carbocycles. The lowest BCUT2D eigenvalue weighted by atomic mass is 9.84. The van der Waals surface area contributed by atoms with Crippen molar-refractivity contribution in [2.24, 2.45) is 5.92 Å². The molecule has 0 unspecified atom stereocenters. The lowest BCUT2D eigenvalue weighted by molar-refractivity contribution is 0.0155. The van der Waals surface area contributed by atoms with Crippen LogP contribution >= 0.6 is 0 Å². The predicted octanol–water partition coefficient (Wildman–Crippen LogP) is 6.17. The Kier molecular flexibility index (Phi) is 8.07. The van der Waals surface area contributed by atoms with Crippen LogP contribution in [0.1, 0.15) is 75.6 Å². The minimum atomic E-state index is -1.23. The second-order valence-electron chi connectivity index (χ2n) is 6.87. The van der Waals surface area contributed by atoms with E-state index in [-0.39, 0.29) is 17.4 Å². The Morgan fingerprint density at radius 3 is 2.54 bits per heavy atom. The van der Waals surface area contributed by atoms with Gasteiger partial charge in [0.15, 0.2) is 11.6 Å². The molecule has 144 valence electrons. The molecule has 26 heavy (non-hydrogen) atoms. The number of benzene rings is 1. The van der Waals surface area contributed by atoms with Gasteiger partial charge in [-0.1, -0.05) is 38.7 Å². The largest absolute Gasteiger partial charge is 0.462 e. The first-order valence-electron chi connectivity index (χ1n) is 9.53. The summed E-state index contributed by atoms with van der Waals surface area (Å²) in [7, 11) is 0. The number of halogens is 2. The monoisotopic (exact) mass is 366 g/mol. The maximum Gasteiger partial charge on any atom is 0.341 e. The average molecular weight is 366 g/mol. The van der Waals surface area contributed by atoms with Gasteiger partial charge in [-0.15, -0.1) is 0 Å². The number of ether oxygens (including phenoxy) is 2. The predicted molar refractivity (Wildman–Crippen MR) is 97.1 cm³/mol. The average Bonchev–Trinajstić information content (AvgIpc) is 2.64. The Bertz CT molecular complexity index is 620. The van der Waals surface area contributed by atoms with Crippen molar-refractivity contribution in [1.82, 2.24) is 0 Å². The van der Waals surface area contributed by atoms with Crippen LogP contribution in [0, 0.1) is 17.6 Å². The number of esters is 1. The van der Waals surface area contributed by atoms with Crippen LogP contribution in [0.25, 0.3) is 0 Å². The highest BCUT2D eigenvalue weighted by molar-refractivity contribution is 5.90. The Morgan fingerprint density at radius 1 is 1.15 bits per heavy atom. The highest BCUT2D eigenvalue weighted by atomic mass is 19.2. The number of unbranched alkanes of at least 4 members (excludes halogenated alkanes) is 2. The van der Waals surface area contributed by atoms with Gasteiger partial charge in [-0.05, 0) is 50.7 Å². The molecular formula is C21H28F2O3. The van der Waals surface area contributed by atoms with E-state index in [2.05, 4.69) is 6.92 Å². The molecule has 5 heteroatoms. The fourth-order valence-electron chi connectivity index (χ4n) is 3.36. The standard InChI is InChI=1S/C21H28F2O3/c1-3-5-6-7-15-8-10-16(11-9-15)26-21(24)17-12-13-18(25-14-4-2)20(23)19(17)22/h4,12-16H,3,5-11H2,1-2H3/b14-4+. The topological polar surface area (TPSA) is 35.5 Å². The van der Waals surface area contributed by atoms with E-state index in [0.29, 0.717) is 5.92 Å². The van der Waals surface area contributed by atoms with Gasteiger partial charge in [-0.25, -0.2) is 9.18 Å². The van der Waals surface area contributed by atoms with Crippen molar-refractivity contribution in [3.05, 3.63) is 41.7 Å². The molecule has 0 amide bonds. The molecule has 0 saturated heterocycles. The molecule has 0 N–H and O–H groups in total. The second kappa shape index (κ2) is 10.3. The van der Waals surface area contributed by atoms with Crippen LogP contribution in [-0.4, -0.2) is 12.1 Å². The van der Waals surface area contributed by atoms with E-state index >= 15 is 0 Å². The van der Waals surface area contributed by atoms with Crippen LogP contribution in [0.5, 0.6) is 5.75 Å². The van der Waals surface area contributed by atoms with E-state index < -0.39 is 17.6 Å². The van der Waals surface area contributed by atoms with Gasteiger partial charge in [0.05, 0.1) is 11.8 Å². The van der Waals surface area contributed by atoms with Gasteiger partial charge < -0.3 is 9.47 Å². The molecule has 1 saturated carbocycles. The summed E-state index contributed by atoms with van der Waals surface area (Å²) in [5, 5.41) is 0. The minimum absolute atomic E-state index is 0.216. The first-order valence-corrected chi connectivity index (χ1v) is 9.53. The fourth-order valence-corrected chi connectivity index (χ4v) is 3.36. The van der Waals surface area contributed by atoms with E-state index in [1.54, 1.807) is 13.0 Å². The summed E-state index contributed by atoms with van der Waals surface area (Å²) >= 11 is 0. The first kappa shape index (κ1) is 20.4. The van der Waals surface area contributed by atoms with Crippen LogP contribution in [0.4, 0.5) is 8.78 Å². The van der Waals surface area contributed by atoms with E-state index in [9.17, 15) is 13.6 Å². The molecule has 0 heterocycles. The van der Waals surface area contributed by atoms with Crippen LogP contribution in [-0.2, 0) is 4.74 Å². The quantitative estimate of drug-likeness (QED) is 0.313. The summed E-state index contributed by atoms with van der Waals surface area (Å²) in [5.41, 5.74) is -0.389. The van der Waals surface area contributed by atoms with Gasteiger partial charge in [0, 0.05) is 0 Å². The minimum Gasteiger partial charge on any atom is -0.462 e. The van der Waals surface area contributed by atoms with E-state index in [1.807, 2.05) is 0 Å². The molecule has 0 bridgehead atoms. The van der Waals surface area contributed by atoms with Crippen molar-refractivity contribution in [3.63, 3.8) is 0 Å². The Balaban J connectivity index is 1.89. The number of rotatable bonds is 8. The smallest absolute Gasteiger partial charge is 0.341 e. The SMILES string of the molecule is C/C=C/Oc1ccc(C(=O)OC2CCC(CCCCC)CC2)c(F)c1F. The van der Waals surface area contributed by atoms with Gasteiger partial charge in [0.2, 0.25) is 5.82 Å². The van der Waals surface area contributed by atoms with E-state index in [0.717, 1.165) is 25.7 Å². The molecule has 0 radical (unpaired) electrons. The third kappa shape index (κ3) is 5.55. The van der Waals surface area contributed by atoms with Crippen LogP contribution < -0.4 is 4.74 Å². The van der Waals surface area contributed by atoms with Crippen molar-refractivity contribution in [2.75, 3.05) is 0 Å². The molecule has 1 aromatic rings. The summed E-state index contributed by atoms with van der Waals surface area (Å²) in [4.78, 5) is 12.2. The maximum atomic E-state index is 14.1. The molecular weight excluding hydrogens is 338 g/mol.